The van der Waals surface area contributed by atoms with Gasteiger partial charge in [-0.05, 0) is 28.1 Å². The molecule has 0 fully saturated rings. The van der Waals surface area contributed by atoms with Crippen molar-refractivity contribution in [1.82, 2.24) is 4.57 Å². The highest BCUT2D eigenvalue weighted by molar-refractivity contribution is 9.10. The number of halogens is 1. The van der Waals surface area contributed by atoms with E-state index in [0.29, 0.717) is 11.1 Å². The van der Waals surface area contributed by atoms with Crippen LogP contribution in [0.25, 0.3) is 0 Å². The SMILES string of the molecule is COCc1ccc(Br)c(=O)n1C. The van der Waals surface area contributed by atoms with Crippen LogP contribution in [0.15, 0.2) is 21.4 Å². The van der Waals surface area contributed by atoms with Crippen molar-refractivity contribution in [3.8, 4) is 0 Å². The Morgan fingerprint density at radius 2 is 2.25 bits per heavy atom. The lowest BCUT2D eigenvalue weighted by Gasteiger charge is -2.06. The first kappa shape index (κ1) is 9.48. The first-order valence-corrected chi connectivity index (χ1v) is 4.29. The molecule has 0 aliphatic carbocycles. The molecule has 4 heteroatoms. The Morgan fingerprint density at radius 1 is 1.58 bits per heavy atom. The zero-order chi connectivity index (χ0) is 9.14. The van der Waals surface area contributed by atoms with Gasteiger partial charge in [0.2, 0.25) is 0 Å². The Morgan fingerprint density at radius 3 is 2.83 bits per heavy atom. The fourth-order valence-electron chi connectivity index (χ4n) is 0.936. The van der Waals surface area contributed by atoms with E-state index >= 15 is 0 Å². The average molecular weight is 232 g/mol. The molecule has 0 amide bonds. The second-order valence-corrected chi connectivity index (χ2v) is 3.32. The van der Waals surface area contributed by atoms with Gasteiger partial charge in [-0.25, -0.2) is 0 Å². The number of hydrogen-bond donors (Lipinski definition) is 0. The third kappa shape index (κ3) is 1.76. The van der Waals surface area contributed by atoms with E-state index in [1.165, 1.54) is 0 Å². The molecule has 0 radical (unpaired) electrons. The molecule has 0 aliphatic rings. The van der Waals surface area contributed by atoms with Crippen molar-refractivity contribution in [2.45, 2.75) is 6.61 Å². The Kier molecular flexibility index (Phi) is 3.05. The van der Waals surface area contributed by atoms with Crippen LogP contribution < -0.4 is 5.56 Å². The van der Waals surface area contributed by atoms with E-state index in [9.17, 15) is 4.79 Å². The Hall–Kier alpha value is -0.610. The van der Waals surface area contributed by atoms with Crippen LogP contribution in [-0.4, -0.2) is 11.7 Å². The Labute approximate surface area is 79.1 Å². The van der Waals surface area contributed by atoms with Crippen molar-refractivity contribution >= 4 is 15.9 Å². The predicted molar refractivity (Wildman–Crippen MR) is 50.1 cm³/mol. The number of pyridine rings is 1. The highest BCUT2D eigenvalue weighted by Gasteiger charge is 2.01. The Balaban J connectivity index is 3.18. The van der Waals surface area contributed by atoms with Crippen LogP contribution in [0, 0.1) is 0 Å². The van der Waals surface area contributed by atoms with Gasteiger partial charge >= 0.3 is 0 Å². The summed E-state index contributed by atoms with van der Waals surface area (Å²) in [6, 6.07) is 3.59. The maximum atomic E-state index is 11.3. The number of ether oxygens (including phenoxy) is 1. The minimum absolute atomic E-state index is 0.0375. The van der Waals surface area contributed by atoms with E-state index in [0.717, 1.165) is 5.69 Å². The lowest BCUT2D eigenvalue weighted by Crippen LogP contribution is -2.20. The van der Waals surface area contributed by atoms with Gasteiger partial charge in [-0.15, -0.1) is 0 Å². The summed E-state index contributed by atoms with van der Waals surface area (Å²) in [5, 5.41) is 0. The summed E-state index contributed by atoms with van der Waals surface area (Å²) >= 11 is 3.16. The second kappa shape index (κ2) is 3.87. The minimum Gasteiger partial charge on any atom is -0.378 e. The van der Waals surface area contributed by atoms with Crippen LogP contribution in [0.5, 0.6) is 0 Å². The van der Waals surface area contributed by atoms with Crippen LogP contribution in [0.3, 0.4) is 0 Å². The van der Waals surface area contributed by atoms with Crippen LogP contribution in [0.1, 0.15) is 5.69 Å². The highest BCUT2D eigenvalue weighted by atomic mass is 79.9. The minimum atomic E-state index is -0.0375. The van der Waals surface area contributed by atoms with Crippen molar-refractivity contribution in [1.29, 1.82) is 0 Å². The summed E-state index contributed by atoms with van der Waals surface area (Å²) in [6.45, 7) is 0.457. The van der Waals surface area contributed by atoms with Gasteiger partial charge in [-0.3, -0.25) is 4.79 Å². The maximum absolute atomic E-state index is 11.3. The van der Waals surface area contributed by atoms with Crippen molar-refractivity contribution in [2.24, 2.45) is 7.05 Å². The average Bonchev–Trinajstić information content (AvgIpc) is 2.07. The monoisotopic (exact) mass is 231 g/mol. The van der Waals surface area contributed by atoms with Gasteiger partial charge < -0.3 is 9.30 Å². The van der Waals surface area contributed by atoms with Gasteiger partial charge in [0, 0.05) is 19.9 Å². The molecule has 0 saturated heterocycles. The van der Waals surface area contributed by atoms with Gasteiger partial charge in [0.15, 0.2) is 0 Å². The maximum Gasteiger partial charge on any atom is 0.264 e. The van der Waals surface area contributed by atoms with Crippen molar-refractivity contribution in [3.05, 3.63) is 32.7 Å². The summed E-state index contributed by atoms with van der Waals surface area (Å²) in [5.41, 5.74) is 0.829. The molecule has 0 unspecified atom stereocenters. The number of hydrogen-bond acceptors (Lipinski definition) is 2. The molecule has 0 N–H and O–H groups in total. The zero-order valence-corrected chi connectivity index (χ0v) is 8.59. The molecule has 0 spiro atoms. The number of nitrogens with zero attached hydrogens (tertiary/aromatic N) is 1. The number of methoxy groups -OCH3 is 1. The molecule has 0 saturated carbocycles. The molecule has 66 valence electrons. The number of rotatable bonds is 2. The smallest absolute Gasteiger partial charge is 0.264 e. The van der Waals surface area contributed by atoms with E-state index in [-0.39, 0.29) is 5.56 Å². The van der Waals surface area contributed by atoms with Crippen molar-refractivity contribution in [3.63, 3.8) is 0 Å². The zero-order valence-electron chi connectivity index (χ0n) is 7.00. The molecule has 12 heavy (non-hydrogen) atoms. The largest absolute Gasteiger partial charge is 0.378 e. The molecule has 1 heterocycles. The Bertz CT molecular complexity index is 332. The number of aromatic nitrogens is 1. The van der Waals surface area contributed by atoms with Crippen LogP contribution in [-0.2, 0) is 18.4 Å². The second-order valence-electron chi connectivity index (χ2n) is 2.47. The van der Waals surface area contributed by atoms with E-state index < -0.39 is 0 Å². The summed E-state index contributed by atoms with van der Waals surface area (Å²) in [4.78, 5) is 11.3. The van der Waals surface area contributed by atoms with Gasteiger partial charge in [0.05, 0.1) is 11.1 Å². The van der Waals surface area contributed by atoms with Gasteiger partial charge in [0.1, 0.15) is 0 Å². The van der Waals surface area contributed by atoms with E-state index in [1.807, 2.05) is 6.07 Å². The third-order valence-corrected chi connectivity index (χ3v) is 2.26. The molecule has 1 aromatic heterocycles. The molecule has 0 atom stereocenters. The molecule has 0 bridgehead atoms. The van der Waals surface area contributed by atoms with E-state index in [1.54, 1.807) is 24.8 Å². The first-order chi connectivity index (χ1) is 5.66. The summed E-state index contributed by atoms with van der Waals surface area (Å²) in [5.74, 6) is 0. The highest BCUT2D eigenvalue weighted by Crippen LogP contribution is 2.04. The summed E-state index contributed by atoms with van der Waals surface area (Å²) in [6.07, 6.45) is 0. The van der Waals surface area contributed by atoms with Crippen LogP contribution in [0.2, 0.25) is 0 Å². The molecular formula is C8H10BrNO2. The van der Waals surface area contributed by atoms with Gasteiger partial charge in [-0.1, -0.05) is 0 Å². The molecule has 0 aliphatic heterocycles. The molecule has 3 nitrogen and oxygen atoms in total. The fraction of sp³-hybridized carbons (Fsp3) is 0.375. The quantitative estimate of drug-likeness (QED) is 0.769. The lowest BCUT2D eigenvalue weighted by atomic mass is 10.3. The molecule has 1 rings (SSSR count). The molecule has 0 aromatic carbocycles. The van der Waals surface area contributed by atoms with Crippen LogP contribution >= 0.6 is 15.9 Å². The van der Waals surface area contributed by atoms with Gasteiger partial charge in [-0.2, -0.15) is 0 Å². The standard InChI is InChI=1S/C8H10BrNO2/c1-10-6(5-12-2)3-4-7(9)8(10)11/h3-4H,5H2,1-2H3. The third-order valence-electron chi connectivity index (χ3n) is 1.65. The predicted octanol–water partition coefficient (Wildman–Crippen LogP) is 1.29. The summed E-state index contributed by atoms with van der Waals surface area (Å²) in [7, 11) is 3.33. The van der Waals surface area contributed by atoms with Crippen LogP contribution in [0.4, 0.5) is 0 Å². The summed E-state index contributed by atoms with van der Waals surface area (Å²) < 4.78 is 7.07. The van der Waals surface area contributed by atoms with E-state index in [4.69, 9.17) is 4.74 Å². The fourth-order valence-corrected chi connectivity index (χ4v) is 1.33. The first-order valence-electron chi connectivity index (χ1n) is 3.50. The normalized spacial score (nSPS) is 10.2. The lowest BCUT2D eigenvalue weighted by molar-refractivity contribution is 0.178. The van der Waals surface area contributed by atoms with E-state index in [2.05, 4.69) is 15.9 Å². The topological polar surface area (TPSA) is 31.2 Å². The molecular weight excluding hydrogens is 222 g/mol. The van der Waals surface area contributed by atoms with Gasteiger partial charge in [0.25, 0.3) is 5.56 Å². The van der Waals surface area contributed by atoms with Crippen molar-refractivity contribution < 1.29 is 4.74 Å². The van der Waals surface area contributed by atoms with Crippen molar-refractivity contribution in [2.75, 3.05) is 7.11 Å². The molecule has 1 aromatic rings.